The van der Waals surface area contributed by atoms with E-state index in [-0.39, 0.29) is 11.9 Å². The van der Waals surface area contributed by atoms with Gasteiger partial charge in [0.25, 0.3) is 0 Å². The lowest BCUT2D eigenvalue weighted by atomic mass is 10.0. The summed E-state index contributed by atoms with van der Waals surface area (Å²) in [5, 5.41) is 0.370. The molecular weight excluding hydrogens is 189 g/mol. The van der Waals surface area contributed by atoms with Gasteiger partial charge in [0.2, 0.25) is 0 Å². The van der Waals surface area contributed by atoms with E-state index in [1.165, 1.54) is 12.1 Å². The maximum atomic E-state index is 12.9. The van der Waals surface area contributed by atoms with Crippen molar-refractivity contribution in [1.29, 1.82) is 0 Å². The van der Waals surface area contributed by atoms with Gasteiger partial charge in [-0.05, 0) is 30.2 Å². The highest BCUT2D eigenvalue weighted by molar-refractivity contribution is 6.30. The van der Waals surface area contributed by atoms with Crippen molar-refractivity contribution in [2.45, 2.75) is 12.5 Å². The van der Waals surface area contributed by atoms with Crippen molar-refractivity contribution in [3.05, 3.63) is 47.3 Å². The topological polar surface area (TPSA) is 26.0 Å². The predicted octanol–water partition coefficient (Wildman–Crippen LogP) is 3.06. The highest BCUT2D eigenvalue weighted by Crippen LogP contribution is 2.20. The first-order chi connectivity index (χ1) is 6.13. The SMILES string of the molecule is C=CCC(N)c1cc(F)cc(Cl)c1. The number of rotatable bonds is 3. The summed E-state index contributed by atoms with van der Waals surface area (Å²) in [6.45, 7) is 3.56. The average Bonchev–Trinajstić information content (AvgIpc) is 2.03. The zero-order chi connectivity index (χ0) is 9.84. The Bertz CT molecular complexity index is 292. The van der Waals surface area contributed by atoms with Gasteiger partial charge in [0.05, 0.1) is 0 Å². The molecule has 1 atom stereocenters. The van der Waals surface area contributed by atoms with Crippen molar-refractivity contribution < 1.29 is 4.39 Å². The Labute approximate surface area is 82.0 Å². The Kier molecular flexibility index (Phi) is 3.46. The predicted molar refractivity (Wildman–Crippen MR) is 53.2 cm³/mol. The van der Waals surface area contributed by atoms with Gasteiger partial charge in [-0.1, -0.05) is 17.7 Å². The maximum Gasteiger partial charge on any atom is 0.125 e. The lowest BCUT2D eigenvalue weighted by molar-refractivity contribution is 0.620. The number of benzene rings is 1. The maximum absolute atomic E-state index is 12.9. The van der Waals surface area contributed by atoms with Crippen molar-refractivity contribution in [3.8, 4) is 0 Å². The fourth-order valence-corrected chi connectivity index (χ4v) is 1.34. The van der Waals surface area contributed by atoms with Crippen molar-refractivity contribution in [3.63, 3.8) is 0 Å². The molecule has 0 aromatic heterocycles. The molecule has 1 nitrogen and oxygen atoms in total. The molecule has 0 aliphatic carbocycles. The summed E-state index contributed by atoms with van der Waals surface area (Å²) in [6.07, 6.45) is 2.31. The fourth-order valence-electron chi connectivity index (χ4n) is 1.10. The third-order valence-corrected chi connectivity index (χ3v) is 1.95. The van der Waals surface area contributed by atoms with Crippen LogP contribution in [-0.4, -0.2) is 0 Å². The van der Waals surface area contributed by atoms with E-state index in [0.29, 0.717) is 17.0 Å². The number of hydrogen-bond donors (Lipinski definition) is 1. The lowest BCUT2D eigenvalue weighted by Crippen LogP contribution is -2.09. The van der Waals surface area contributed by atoms with E-state index in [2.05, 4.69) is 6.58 Å². The molecule has 13 heavy (non-hydrogen) atoms. The molecule has 1 unspecified atom stereocenters. The zero-order valence-corrected chi connectivity index (χ0v) is 7.89. The zero-order valence-electron chi connectivity index (χ0n) is 7.13. The summed E-state index contributed by atoms with van der Waals surface area (Å²) in [5.74, 6) is -0.359. The van der Waals surface area contributed by atoms with Crippen LogP contribution in [0, 0.1) is 5.82 Å². The molecule has 70 valence electrons. The van der Waals surface area contributed by atoms with Gasteiger partial charge in [0, 0.05) is 11.1 Å². The van der Waals surface area contributed by atoms with E-state index in [9.17, 15) is 4.39 Å². The summed E-state index contributed by atoms with van der Waals surface area (Å²) in [7, 11) is 0. The molecule has 0 bridgehead atoms. The van der Waals surface area contributed by atoms with Gasteiger partial charge in [0.15, 0.2) is 0 Å². The van der Waals surface area contributed by atoms with Crippen LogP contribution in [0.25, 0.3) is 0 Å². The first-order valence-electron chi connectivity index (χ1n) is 3.96. The molecule has 3 heteroatoms. The molecule has 1 aromatic carbocycles. The van der Waals surface area contributed by atoms with Crippen LogP contribution in [0.1, 0.15) is 18.0 Å². The minimum atomic E-state index is -0.359. The van der Waals surface area contributed by atoms with Crippen molar-refractivity contribution in [2.75, 3.05) is 0 Å². The smallest absolute Gasteiger partial charge is 0.125 e. The van der Waals surface area contributed by atoms with Crippen LogP contribution in [0.5, 0.6) is 0 Å². The molecule has 0 aliphatic rings. The van der Waals surface area contributed by atoms with Crippen LogP contribution in [0.2, 0.25) is 5.02 Å². The molecule has 0 radical (unpaired) electrons. The number of hydrogen-bond acceptors (Lipinski definition) is 1. The normalized spacial score (nSPS) is 12.5. The Morgan fingerprint density at radius 3 is 2.77 bits per heavy atom. The second-order valence-electron chi connectivity index (χ2n) is 2.83. The first-order valence-corrected chi connectivity index (χ1v) is 4.33. The highest BCUT2D eigenvalue weighted by Gasteiger charge is 2.06. The second-order valence-corrected chi connectivity index (χ2v) is 3.27. The van der Waals surface area contributed by atoms with Crippen LogP contribution in [-0.2, 0) is 0 Å². The van der Waals surface area contributed by atoms with Crippen molar-refractivity contribution in [1.82, 2.24) is 0 Å². The minimum Gasteiger partial charge on any atom is -0.324 e. The summed E-state index contributed by atoms with van der Waals surface area (Å²) in [6, 6.07) is 4.08. The van der Waals surface area contributed by atoms with E-state index in [1.807, 2.05) is 0 Å². The molecule has 0 fully saturated rings. The second kappa shape index (κ2) is 4.40. The van der Waals surface area contributed by atoms with Crippen LogP contribution in [0.4, 0.5) is 4.39 Å². The van der Waals surface area contributed by atoms with Gasteiger partial charge >= 0.3 is 0 Å². The Morgan fingerprint density at radius 2 is 2.23 bits per heavy atom. The third kappa shape index (κ3) is 2.83. The largest absolute Gasteiger partial charge is 0.324 e. The molecular formula is C10H11ClFN. The van der Waals surface area contributed by atoms with Crippen LogP contribution < -0.4 is 5.73 Å². The summed E-state index contributed by atoms with van der Waals surface area (Å²) in [4.78, 5) is 0. The van der Waals surface area contributed by atoms with E-state index in [4.69, 9.17) is 17.3 Å². The molecule has 0 aliphatic heterocycles. The monoisotopic (exact) mass is 199 g/mol. The highest BCUT2D eigenvalue weighted by atomic mass is 35.5. The molecule has 0 heterocycles. The van der Waals surface area contributed by atoms with E-state index in [0.717, 1.165) is 0 Å². The van der Waals surface area contributed by atoms with E-state index < -0.39 is 0 Å². The number of halogens is 2. The van der Waals surface area contributed by atoms with Gasteiger partial charge in [-0.25, -0.2) is 4.39 Å². The van der Waals surface area contributed by atoms with Gasteiger partial charge in [-0.15, -0.1) is 6.58 Å². The van der Waals surface area contributed by atoms with Gasteiger partial charge in [-0.3, -0.25) is 0 Å². The van der Waals surface area contributed by atoms with Gasteiger partial charge in [-0.2, -0.15) is 0 Å². The molecule has 0 saturated heterocycles. The molecule has 2 N–H and O–H groups in total. The van der Waals surface area contributed by atoms with Crippen LogP contribution >= 0.6 is 11.6 Å². The Morgan fingerprint density at radius 1 is 1.54 bits per heavy atom. The molecule has 1 rings (SSSR count). The van der Waals surface area contributed by atoms with Crippen LogP contribution in [0.15, 0.2) is 30.9 Å². The summed E-state index contributed by atoms with van der Waals surface area (Å²) >= 11 is 5.67. The Hall–Kier alpha value is -0.860. The van der Waals surface area contributed by atoms with Crippen molar-refractivity contribution in [2.24, 2.45) is 5.73 Å². The van der Waals surface area contributed by atoms with Gasteiger partial charge in [0.1, 0.15) is 5.82 Å². The summed E-state index contributed by atoms with van der Waals surface area (Å²) in [5.41, 5.74) is 6.45. The fraction of sp³-hybridized carbons (Fsp3) is 0.200. The molecule has 0 spiro atoms. The summed E-state index contributed by atoms with van der Waals surface area (Å²) < 4.78 is 12.9. The third-order valence-electron chi connectivity index (χ3n) is 1.73. The first kappa shape index (κ1) is 10.2. The Balaban J connectivity index is 2.93. The van der Waals surface area contributed by atoms with E-state index >= 15 is 0 Å². The number of nitrogens with two attached hydrogens (primary N) is 1. The van der Waals surface area contributed by atoms with Gasteiger partial charge < -0.3 is 5.73 Å². The molecule has 1 aromatic rings. The van der Waals surface area contributed by atoms with Crippen LogP contribution in [0.3, 0.4) is 0 Å². The average molecular weight is 200 g/mol. The standard InChI is InChI=1S/C10H11ClFN/c1-2-3-10(13)7-4-8(11)6-9(12)5-7/h2,4-6,10H,1,3,13H2. The van der Waals surface area contributed by atoms with E-state index in [1.54, 1.807) is 12.1 Å². The molecule has 0 saturated carbocycles. The van der Waals surface area contributed by atoms with Crippen molar-refractivity contribution >= 4 is 11.6 Å². The lowest BCUT2D eigenvalue weighted by Gasteiger charge is -2.09. The minimum absolute atomic E-state index is 0.231. The molecule has 0 amide bonds. The quantitative estimate of drug-likeness (QED) is 0.744.